The van der Waals surface area contributed by atoms with Crippen LogP contribution in [0.2, 0.25) is 0 Å². The Kier molecular flexibility index (Phi) is 2.78. The molecule has 1 heterocycles. The number of hydrogen-bond acceptors (Lipinski definition) is 4. The Balaban J connectivity index is 2.36. The zero-order valence-corrected chi connectivity index (χ0v) is 9.33. The largest absolute Gasteiger partial charge is 0.384 e. The van der Waals surface area contributed by atoms with E-state index in [9.17, 15) is 10.1 Å². The number of rotatable bonds is 3. The van der Waals surface area contributed by atoms with Crippen molar-refractivity contribution >= 4 is 11.5 Å². The average Bonchev–Trinajstić information content (AvgIpc) is 2.70. The van der Waals surface area contributed by atoms with Crippen LogP contribution in [0.15, 0.2) is 30.3 Å². The molecule has 0 bridgehead atoms. The van der Waals surface area contributed by atoms with Crippen LogP contribution in [0.4, 0.5) is 11.5 Å². The van der Waals surface area contributed by atoms with Crippen molar-refractivity contribution in [3.63, 3.8) is 0 Å². The summed E-state index contributed by atoms with van der Waals surface area (Å²) in [7, 11) is 0. The summed E-state index contributed by atoms with van der Waals surface area (Å²) < 4.78 is 1.68. The van der Waals surface area contributed by atoms with Gasteiger partial charge in [0.1, 0.15) is 5.82 Å². The first-order valence-electron chi connectivity index (χ1n) is 5.20. The Morgan fingerprint density at radius 1 is 1.41 bits per heavy atom. The van der Waals surface area contributed by atoms with Gasteiger partial charge in [-0.05, 0) is 19.1 Å². The van der Waals surface area contributed by atoms with Gasteiger partial charge in [-0.2, -0.15) is 5.10 Å². The minimum atomic E-state index is -0.428. The van der Waals surface area contributed by atoms with Crippen molar-refractivity contribution in [3.8, 4) is 11.3 Å². The lowest BCUT2D eigenvalue weighted by molar-refractivity contribution is -0.384. The molecule has 6 heteroatoms. The first-order chi connectivity index (χ1) is 8.11. The fraction of sp³-hybridized carbons (Fsp3) is 0.182. The van der Waals surface area contributed by atoms with E-state index in [2.05, 4.69) is 5.10 Å². The van der Waals surface area contributed by atoms with Crippen LogP contribution < -0.4 is 5.73 Å². The van der Waals surface area contributed by atoms with Crippen molar-refractivity contribution in [2.75, 3.05) is 5.73 Å². The Hall–Kier alpha value is -2.37. The van der Waals surface area contributed by atoms with Crippen molar-refractivity contribution in [1.29, 1.82) is 0 Å². The van der Waals surface area contributed by atoms with Gasteiger partial charge in [-0.25, -0.2) is 4.68 Å². The Morgan fingerprint density at radius 2 is 2.06 bits per heavy atom. The molecule has 1 aromatic heterocycles. The number of nitrogen functional groups attached to an aromatic ring is 1. The lowest BCUT2D eigenvalue weighted by Gasteiger charge is -1.97. The molecule has 0 aliphatic heterocycles. The predicted octanol–water partition coefficient (Wildman–Crippen LogP) is 2.06. The normalized spacial score (nSPS) is 10.4. The molecule has 0 radical (unpaired) electrons. The average molecular weight is 232 g/mol. The Labute approximate surface area is 97.8 Å². The highest BCUT2D eigenvalue weighted by atomic mass is 16.6. The third kappa shape index (κ3) is 2.10. The van der Waals surface area contributed by atoms with E-state index in [4.69, 9.17) is 5.73 Å². The summed E-state index contributed by atoms with van der Waals surface area (Å²) >= 11 is 0. The molecule has 0 saturated heterocycles. The molecule has 2 aromatic rings. The fourth-order valence-electron chi connectivity index (χ4n) is 1.58. The van der Waals surface area contributed by atoms with E-state index >= 15 is 0 Å². The number of nitrogens with zero attached hydrogens (tertiary/aromatic N) is 3. The maximum Gasteiger partial charge on any atom is 0.269 e. The molecular formula is C11H12N4O2. The molecule has 88 valence electrons. The van der Waals surface area contributed by atoms with Gasteiger partial charge in [0.25, 0.3) is 5.69 Å². The summed E-state index contributed by atoms with van der Waals surface area (Å²) in [6, 6.07) is 8.00. The third-order valence-corrected chi connectivity index (χ3v) is 2.48. The van der Waals surface area contributed by atoms with E-state index in [1.165, 1.54) is 12.1 Å². The smallest absolute Gasteiger partial charge is 0.269 e. The van der Waals surface area contributed by atoms with Gasteiger partial charge in [-0.15, -0.1) is 0 Å². The minimum Gasteiger partial charge on any atom is -0.384 e. The summed E-state index contributed by atoms with van der Waals surface area (Å²) in [5, 5.41) is 14.8. The molecule has 0 atom stereocenters. The first-order valence-corrected chi connectivity index (χ1v) is 5.20. The zero-order chi connectivity index (χ0) is 12.4. The number of aromatic nitrogens is 2. The zero-order valence-electron chi connectivity index (χ0n) is 9.33. The number of non-ortho nitro benzene ring substituents is 1. The molecule has 17 heavy (non-hydrogen) atoms. The monoisotopic (exact) mass is 232 g/mol. The molecule has 2 N–H and O–H groups in total. The molecule has 1 aromatic carbocycles. The van der Waals surface area contributed by atoms with E-state index in [-0.39, 0.29) is 5.69 Å². The van der Waals surface area contributed by atoms with E-state index in [1.54, 1.807) is 22.9 Å². The van der Waals surface area contributed by atoms with Crippen LogP contribution in [-0.2, 0) is 6.54 Å². The van der Waals surface area contributed by atoms with Crippen molar-refractivity contribution < 1.29 is 4.92 Å². The van der Waals surface area contributed by atoms with Gasteiger partial charge < -0.3 is 5.73 Å². The topological polar surface area (TPSA) is 87.0 Å². The van der Waals surface area contributed by atoms with Crippen LogP contribution in [0.1, 0.15) is 6.92 Å². The maximum atomic E-state index is 10.5. The van der Waals surface area contributed by atoms with Crippen LogP contribution in [0, 0.1) is 10.1 Å². The van der Waals surface area contributed by atoms with Gasteiger partial charge in [-0.3, -0.25) is 10.1 Å². The molecule has 0 saturated carbocycles. The second kappa shape index (κ2) is 4.25. The van der Waals surface area contributed by atoms with Crippen LogP contribution >= 0.6 is 0 Å². The highest BCUT2D eigenvalue weighted by molar-refractivity contribution is 5.63. The standard InChI is InChI=1S/C11H12N4O2/c1-2-14-11(12)7-10(13-14)8-3-5-9(6-4-8)15(16)17/h3-7H,2,12H2,1H3. The lowest BCUT2D eigenvalue weighted by atomic mass is 10.1. The van der Waals surface area contributed by atoms with Crippen LogP contribution in [0.25, 0.3) is 11.3 Å². The number of nitro benzene ring substituents is 1. The van der Waals surface area contributed by atoms with E-state index in [0.29, 0.717) is 12.4 Å². The van der Waals surface area contributed by atoms with Crippen molar-refractivity contribution in [2.24, 2.45) is 0 Å². The van der Waals surface area contributed by atoms with E-state index in [0.717, 1.165) is 11.3 Å². The highest BCUT2D eigenvalue weighted by Gasteiger charge is 2.08. The summed E-state index contributed by atoms with van der Waals surface area (Å²) in [4.78, 5) is 10.1. The highest BCUT2D eigenvalue weighted by Crippen LogP contribution is 2.22. The molecule has 0 amide bonds. The maximum absolute atomic E-state index is 10.5. The molecule has 0 aliphatic carbocycles. The molecule has 0 fully saturated rings. The van der Waals surface area contributed by atoms with Crippen LogP contribution in [0.3, 0.4) is 0 Å². The summed E-state index contributed by atoms with van der Waals surface area (Å²) in [6.45, 7) is 2.64. The van der Waals surface area contributed by atoms with Gasteiger partial charge in [0.15, 0.2) is 0 Å². The number of hydrogen-bond donors (Lipinski definition) is 1. The Morgan fingerprint density at radius 3 is 2.53 bits per heavy atom. The first kappa shape index (κ1) is 11.1. The van der Waals surface area contributed by atoms with Crippen molar-refractivity contribution in [3.05, 3.63) is 40.4 Å². The molecule has 0 aliphatic rings. The SMILES string of the molecule is CCn1nc(-c2ccc([N+](=O)[O-])cc2)cc1N. The van der Waals surface area contributed by atoms with E-state index < -0.39 is 4.92 Å². The summed E-state index contributed by atoms with van der Waals surface area (Å²) in [5.74, 6) is 0.584. The van der Waals surface area contributed by atoms with Gasteiger partial charge in [0.05, 0.1) is 10.6 Å². The second-order valence-corrected chi connectivity index (χ2v) is 3.57. The Bertz CT molecular complexity index is 545. The van der Waals surface area contributed by atoms with Crippen molar-refractivity contribution in [2.45, 2.75) is 13.5 Å². The summed E-state index contributed by atoms with van der Waals surface area (Å²) in [6.07, 6.45) is 0. The molecular weight excluding hydrogens is 220 g/mol. The number of benzene rings is 1. The third-order valence-electron chi connectivity index (χ3n) is 2.48. The second-order valence-electron chi connectivity index (χ2n) is 3.57. The van der Waals surface area contributed by atoms with Gasteiger partial charge in [0, 0.05) is 30.3 Å². The molecule has 6 nitrogen and oxygen atoms in total. The number of nitrogens with two attached hydrogens (primary N) is 1. The minimum absolute atomic E-state index is 0.0663. The molecule has 0 unspecified atom stereocenters. The number of anilines is 1. The van der Waals surface area contributed by atoms with Gasteiger partial charge in [-0.1, -0.05) is 0 Å². The predicted molar refractivity (Wildman–Crippen MR) is 64.4 cm³/mol. The van der Waals surface area contributed by atoms with Crippen molar-refractivity contribution in [1.82, 2.24) is 9.78 Å². The van der Waals surface area contributed by atoms with Crippen LogP contribution in [-0.4, -0.2) is 14.7 Å². The number of aryl methyl sites for hydroxylation is 1. The molecule has 2 rings (SSSR count). The molecule has 0 spiro atoms. The summed E-state index contributed by atoms with van der Waals surface area (Å²) in [5.41, 5.74) is 7.36. The number of nitro groups is 1. The van der Waals surface area contributed by atoms with Gasteiger partial charge in [0.2, 0.25) is 0 Å². The van der Waals surface area contributed by atoms with Crippen LogP contribution in [0.5, 0.6) is 0 Å². The lowest BCUT2D eigenvalue weighted by Crippen LogP contribution is -2.01. The van der Waals surface area contributed by atoms with Gasteiger partial charge >= 0.3 is 0 Å². The van der Waals surface area contributed by atoms with E-state index in [1.807, 2.05) is 6.92 Å². The fourth-order valence-corrected chi connectivity index (χ4v) is 1.58. The quantitative estimate of drug-likeness (QED) is 0.648.